The molecule has 2 aromatic rings. The zero-order valence-corrected chi connectivity index (χ0v) is 8.14. The van der Waals surface area contributed by atoms with E-state index in [2.05, 4.69) is 25.1 Å². The van der Waals surface area contributed by atoms with Crippen molar-refractivity contribution in [1.29, 1.82) is 0 Å². The zero-order chi connectivity index (χ0) is 10.9. The minimum Gasteiger partial charge on any atom is -0.261 e. The van der Waals surface area contributed by atoms with Crippen molar-refractivity contribution in [3.05, 3.63) is 18.6 Å². The number of rotatable bonds is 2. The normalized spacial score (nSPS) is 11.5. The lowest BCUT2D eigenvalue weighted by molar-refractivity contribution is 0.589. The van der Waals surface area contributed by atoms with E-state index in [1.54, 1.807) is 0 Å². The summed E-state index contributed by atoms with van der Waals surface area (Å²) in [6.45, 7) is 0. The van der Waals surface area contributed by atoms with Crippen LogP contribution in [0.3, 0.4) is 0 Å². The first-order chi connectivity index (χ1) is 7.07. The highest BCUT2D eigenvalue weighted by molar-refractivity contribution is 7.89. The second-order valence-electron chi connectivity index (χ2n) is 2.60. The first-order valence-electron chi connectivity index (χ1n) is 3.79. The Morgan fingerprint density at radius 1 is 1.33 bits per heavy atom. The summed E-state index contributed by atoms with van der Waals surface area (Å²) >= 11 is 0. The topological polar surface area (TPSA) is 128 Å². The van der Waals surface area contributed by atoms with Gasteiger partial charge in [-0.2, -0.15) is 10.1 Å². The van der Waals surface area contributed by atoms with Crippen molar-refractivity contribution in [1.82, 2.24) is 25.1 Å². The number of nitrogens with zero attached hydrogens (tertiary/aromatic N) is 4. The predicted molar refractivity (Wildman–Crippen MR) is 48.8 cm³/mol. The Hall–Kier alpha value is -1.87. The molecule has 9 heteroatoms. The van der Waals surface area contributed by atoms with Crippen LogP contribution in [0.2, 0.25) is 0 Å². The smallest absolute Gasteiger partial charge is 0.261 e. The number of nitrogens with two attached hydrogens (primary N) is 1. The number of primary sulfonamides is 1. The summed E-state index contributed by atoms with van der Waals surface area (Å²) in [5.41, 5.74) is 0.364. The van der Waals surface area contributed by atoms with Crippen LogP contribution in [0, 0.1) is 0 Å². The highest BCUT2D eigenvalue weighted by Gasteiger charge is 2.15. The third kappa shape index (κ3) is 1.97. The van der Waals surface area contributed by atoms with Crippen molar-refractivity contribution in [2.75, 3.05) is 0 Å². The lowest BCUT2D eigenvalue weighted by Crippen LogP contribution is -2.13. The highest BCUT2D eigenvalue weighted by atomic mass is 32.2. The molecule has 8 nitrogen and oxygen atoms in total. The van der Waals surface area contributed by atoms with Crippen LogP contribution in [0.1, 0.15) is 0 Å². The van der Waals surface area contributed by atoms with Gasteiger partial charge in [-0.25, -0.2) is 23.6 Å². The van der Waals surface area contributed by atoms with Crippen LogP contribution in [0.4, 0.5) is 0 Å². The van der Waals surface area contributed by atoms with E-state index in [1.807, 2.05) is 0 Å². The fourth-order valence-electron chi connectivity index (χ4n) is 0.903. The van der Waals surface area contributed by atoms with Gasteiger partial charge in [-0.1, -0.05) is 0 Å². The summed E-state index contributed by atoms with van der Waals surface area (Å²) in [5.74, 6) is 0.132. The average Bonchev–Trinajstić information content (AvgIpc) is 2.67. The van der Waals surface area contributed by atoms with E-state index >= 15 is 0 Å². The maximum Gasteiger partial charge on any atom is 0.273 e. The van der Waals surface area contributed by atoms with Crippen molar-refractivity contribution in [2.45, 2.75) is 5.16 Å². The molecule has 0 atom stereocenters. The van der Waals surface area contributed by atoms with Gasteiger partial charge in [0.15, 0.2) is 0 Å². The third-order valence-corrected chi connectivity index (χ3v) is 2.25. The molecule has 0 amide bonds. The summed E-state index contributed by atoms with van der Waals surface area (Å²) in [6, 6.07) is 0. The SMILES string of the molecule is NS(=O)(=O)c1nc(-c2cnccn2)n[nH]1. The zero-order valence-electron chi connectivity index (χ0n) is 7.32. The first kappa shape index (κ1) is 9.68. The molecule has 0 bridgehead atoms. The van der Waals surface area contributed by atoms with E-state index in [0.29, 0.717) is 5.69 Å². The van der Waals surface area contributed by atoms with Crippen molar-refractivity contribution < 1.29 is 8.42 Å². The lowest BCUT2D eigenvalue weighted by Gasteiger charge is -1.90. The minimum absolute atomic E-state index is 0.132. The van der Waals surface area contributed by atoms with Gasteiger partial charge in [-0.05, 0) is 0 Å². The molecule has 0 radical (unpaired) electrons. The number of sulfonamides is 1. The van der Waals surface area contributed by atoms with Crippen LogP contribution in [0.25, 0.3) is 11.5 Å². The van der Waals surface area contributed by atoms with E-state index in [4.69, 9.17) is 5.14 Å². The summed E-state index contributed by atoms with van der Waals surface area (Å²) in [7, 11) is -3.87. The largest absolute Gasteiger partial charge is 0.273 e. The van der Waals surface area contributed by atoms with Crippen LogP contribution < -0.4 is 5.14 Å². The van der Waals surface area contributed by atoms with Crippen molar-refractivity contribution in [3.63, 3.8) is 0 Å². The molecule has 2 rings (SSSR count). The molecule has 0 aromatic carbocycles. The number of aromatic nitrogens is 5. The maximum absolute atomic E-state index is 10.9. The second kappa shape index (κ2) is 3.37. The fraction of sp³-hybridized carbons (Fsp3) is 0. The molecule has 15 heavy (non-hydrogen) atoms. The molecule has 3 N–H and O–H groups in total. The summed E-state index contributed by atoms with van der Waals surface area (Å²) in [6.07, 6.45) is 4.34. The van der Waals surface area contributed by atoms with E-state index in [9.17, 15) is 8.42 Å². The number of hydrogen-bond acceptors (Lipinski definition) is 6. The molecule has 0 aliphatic rings. The van der Waals surface area contributed by atoms with Gasteiger partial charge in [0.2, 0.25) is 5.82 Å². The lowest BCUT2D eigenvalue weighted by atomic mass is 10.4. The highest BCUT2D eigenvalue weighted by Crippen LogP contribution is 2.10. The van der Waals surface area contributed by atoms with Gasteiger partial charge in [0, 0.05) is 12.4 Å². The Kier molecular flexibility index (Phi) is 2.17. The van der Waals surface area contributed by atoms with Crippen LogP contribution in [0.5, 0.6) is 0 Å². The molecule has 0 spiro atoms. The van der Waals surface area contributed by atoms with Gasteiger partial charge >= 0.3 is 0 Å². The summed E-state index contributed by atoms with van der Waals surface area (Å²) < 4.78 is 21.8. The van der Waals surface area contributed by atoms with E-state index < -0.39 is 15.2 Å². The molecule has 2 heterocycles. The molecule has 78 valence electrons. The third-order valence-electron chi connectivity index (χ3n) is 1.53. The first-order valence-corrected chi connectivity index (χ1v) is 5.33. The number of aromatic amines is 1. The Morgan fingerprint density at radius 2 is 2.13 bits per heavy atom. The van der Waals surface area contributed by atoms with Crippen LogP contribution >= 0.6 is 0 Å². The van der Waals surface area contributed by atoms with E-state index in [-0.39, 0.29) is 5.82 Å². The van der Waals surface area contributed by atoms with Gasteiger partial charge in [0.25, 0.3) is 15.2 Å². The average molecular weight is 226 g/mol. The number of H-pyrrole nitrogens is 1. The van der Waals surface area contributed by atoms with Crippen molar-refractivity contribution in [3.8, 4) is 11.5 Å². The van der Waals surface area contributed by atoms with Gasteiger partial charge < -0.3 is 0 Å². The molecule has 2 aromatic heterocycles. The minimum atomic E-state index is -3.87. The summed E-state index contributed by atoms with van der Waals surface area (Å²) in [4.78, 5) is 11.4. The fourth-order valence-corrected chi connectivity index (χ4v) is 1.29. The molecular formula is C6H6N6O2S. The molecular weight excluding hydrogens is 220 g/mol. The predicted octanol–water partition coefficient (Wildman–Crippen LogP) is -1.09. The standard InChI is InChI=1S/C6H6N6O2S/c7-15(13,14)6-10-5(11-12-6)4-3-8-1-2-9-4/h1-3H,(H2,7,13,14)(H,10,11,12). The van der Waals surface area contributed by atoms with Crippen LogP contribution in [-0.4, -0.2) is 33.6 Å². The molecule has 0 unspecified atom stereocenters. The Labute approximate surface area is 84.6 Å². The van der Waals surface area contributed by atoms with Crippen LogP contribution in [0.15, 0.2) is 23.7 Å². The summed E-state index contributed by atoms with van der Waals surface area (Å²) in [5, 5.41) is 10.3. The van der Waals surface area contributed by atoms with E-state index in [0.717, 1.165) is 0 Å². The Balaban J connectivity index is 2.46. The van der Waals surface area contributed by atoms with Crippen LogP contribution in [-0.2, 0) is 10.0 Å². The van der Waals surface area contributed by atoms with E-state index in [1.165, 1.54) is 18.6 Å². The quantitative estimate of drug-likeness (QED) is 0.669. The molecule has 0 aliphatic heterocycles. The van der Waals surface area contributed by atoms with Crippen molar-refractivity contribution in [2.24, 2.45) is 5.14 Å². The number of nitrogens with one attached hydrogen (secondary N) is 1. The molecule has 0 saturated carbocycles. The maximum atomic E-state index is 10.9. The molecule has 0 saturated heterocycles. The van der Waals surface area contributed by atoms with Crippen molar-refractivity contribution >= 4 is 10.0 Å². The Morgan fingerprint density at radius 3 is 2.67 bits per heavy atom. The number of hydrogen-bond donors (Lipinski definition) is 2. The second-order valence-corrected chi connectivity index (χ2v) is 4.08. The van der Waals surface area contributed by atoms with Gasteiger partial charge in [-0.3, -0.25) is 4.98 Å². The Bertz CT molecular complexity index is 562. The van der Waals surface area contributed by atoms with Gasteiger partial charge in [-0.15, -0.1) is 0 Å². The molecule has 0 fully saturated rings. The van der Waals surface area contributed by atoms with Gasteiger partial charge in [0.05, 0.1) is 6.20 Å². The monoisotopic (exact) mass is 226 g/mol. The molecule has 0 aliphatic carbocycles. The van der Waals surface area contributed by atoms with Gasteiger partial charge in [0.1, 0.15) is 5.69 Å².